The number of hydrogen-bond donors (Lipinski definition) is 1. The van der Waals surface area contributed by atoms with Crippen LogP contribution in [0.25, 0.3) is 16.9 Å². The van der Waals surface area contributed by atoms with Gasteiger partial charge in [-0.15, -0.1) is 5.10 Å². The van der Waals surface area contributed by atoms with Crippen molar-refractivity contribution >= 4 is 21.4 Å². The SMILES string of the molecule is CCCc1nc(C)c2c(=O)[nH]c(-c3cc(S(=O)(=O)N4CCN(C(=O)C5CC(F)C(C)CO5)CC4)ccc3OCC)nn12. The number of aryl methyl sites for hydroxylation is 2. The maximum Gasteiger partial charge on any atom is 0.277 e. The van der Waals surface area contributed by atoms with Crippen molar-refractivity contribution < 1.29 is 27.1 Å². The normalized spacial score (nSPS) is 22.0. The highest BCUT2D eigenvalue weighted by Gasteiger charge is 2.37. The Bertz CT molecular complexity index is 1630. The largest absolute Gasteiger partial charge is 0.493 e. The van der Waals surface area contributed by atoms with Gasteiger partial charge < -0.3 is 19.4 Å². The van der Waals surface area contributed by atoms with Crippen LogP contribution in [0.4, 0.5) is 4.39 Å². The average molecular weight is 605 g/mol. The number of sulfonamides is 1. The van der Waals surface area contributed by atoms with Crippen LogP contribution in [0.15, 0.2) is 27.9 Å². The number of carbonyl (C=O) groups is 1. The van der Waals surface area contributed by atoms with Crippen LogP contribution in [0.1, 0.15) is 45.1 Å². The Hall–Kier alpha value is -3.36. The lowest BCUT2D eigenvalue weighted by atomic mass is 9.97. The number of hydrogen-bond acceptors (Lipinski definition) is 8. The number of carbonyl (C=O) groups excluding carboxylic acids is 1. The molecule has 12 nitrogen and oxygen atoms in total. The number of nitrogens with one attached hydrogen (secondary N) is 1. The molecular formula is C28H37FN6O6S. The molecule has 2 aliphatic heterocycles. The number of imidazole rings is 1. The second-order valence-corrected chi connectivity index (χ2v) is 12.7. The number of ether oxygens (including phenoxy) is 2. The minimum Gasteiger partial charge on any atom is -0.493 e. The van der Waals surface area contributed by atoms with Crippen LogP contribution in [0.3, 0.4) is 0 Å². The Labute approximate surface area is 243 Å². The summed E-state index contributed by atoms with van der Waals surface area (Å²) in [6, 6.07) is 4.46. The number of benzene rings is 1. The number of amides is 1. The van der Waals surface area contributed by atoms with Crippen molar-refractivity contribution in [2.75, 3.05) is 39.4 Å². The van der Waals surface area contributed by atoms with Crippen LogP contribution in [-0.2, 0) is 26.0 Å². The molecule has 1 aromatic carbocycles. The monoisotopic (exact) mass is 604 g/mol. The molecule has 14 heteroatoms. The summed E-state index contributed by atoms with van der Waals surface area (Å²) in [7, 11) is -3.97. The Morgan fingerprint density at radius 2 is 1.95 bits per heavy atom. The number of H-pyrrole nitrogens is 1. The van der Waals surface area contributed by atoms with Crippen LogP contribution < -0.4 is 10.3 Å². The highest BCUT2D eigenvalue weighted by atomic mass is 32.2. The smallest absolute Gasteiger partial charge is 0.277 e. The summed E-state index contributed by atoms with van der Waals surface area (Å²) in [5, 5.41) is 4.64. The van der Waals surface area contributed by atoms with Gasteiger partial charge in [-0.05, 0) is 38.5 Å². The third-order valence-electron chi connectivity index (χ3n) is 7.80. The lowest BCUT2D eigenvalue weighted by Gasteiger charge is -2.37. The molecule has 0 aliphatic carbocycles. The fourth-order valence-corrected chi connectivity index (χ4v) is 6.88. The van der Waals surface area contributed by atoms with Crippen LogP contribution in [0.5, 0.6) is 5.75 Å². The number of aromatic nitrogens is 4. The zero-order valence-corrected chi connectivity index (χ0v) is 25.1. The van der Waals surface area contributed by atoms with Gasteiger partial charge in [0.2, 0.25) is 10.0 Å². The van der Waals surface area contributed by atoms with E-state index in [1.54, 1.807) is 26.8 Å². The molecule has 3 aromatic rings. The number of nitrogens with zero attached hydrogens (tertiary/aromatic N) is 5. The number of alkyl halides is 1. The first-order valence-electron chi connectivity index (χ1n) is 14.4. The third-order valence-corrected chi connectivity index (χ3v) is 9.70. The van der Waals surface area contributed by atoms with E-state index in [1.165, 1.54) is 25.9 Å². The van der Waals surface area contributed by atoms with Crippen molar-refractivity contribution in [1.82, 2.24) is 28.8 Å². The number of halogens is 1. The average Bonchev–Trinajstić information content (AvgIpc) is 3.29. The summed E-state index contributed by atoms with van der Waals surface area (Å²) in [5.41, 5.74) is 0.835. The second-order valence-electron chi connectivity index (χ2n) is 10.8. The van der Waals surface area contributed by atoms with Crippen molar-refractivity contribution in [2.45, 2.75) is 64.1 Å². The molecule has 1 N–H and O–H groups in total. The quantitative estimate of drug-likeness (QED) is 0.414. The van der Waals surface area contributed by atoms with Gasteiger partial charge in [-0.2, -0.15) is 4.31 Å². The maximum atomic E-state index is 14.2. The van der Waals surface area contributed by atoms with Crippen molar-refractivity contribution in [2.24, 2.45) is 5.92 Å². The van der Waals surface area contributed by atoms with Crippen molar-refractivity contribution in [1.29, 1.82) is 0 Å². The lowest BCUT2D eigenvalue weighted by Crippen LogP contribution is -2.54. The summed E-state index contributed by atoms with van der Waals surface area (Å²) in [5.74, 6) is 0.601. The van der Waals surface area contributed by atoms with Gasteiger partial charge >= 0.3 is 0 Å². The van der Waals surface area contributed by atoms with E-state index in [0.29, 0.717) is 41.4 Å². The van der Waals surface area contributed by atoms with Gasteiger partial charge in [0, 0.05) is 44.9 Å². The number of aromatic amines is 1. The zero-order chi connectivity index (χ0) is 30.2. The van der Waals surface area contributed by atoms with Gasteiger partial charge in [-0.1, -0.05) is 13.8 Å². The maximum absolute atomic E-state index is 14.2. The highest BCUT2D eigenvalue weighted by molar-refractivity contribution is 7.89. The van der Waals surface area contributed by atoms with E-state index < -0.39 is 22.3 Å². The minimum atomic E-state index is -3.97. The van der Waals surface area contributed by atoms with E-state index in [4.69, 9.17) is 9.47 Å². The van der Waals surface area contributed by atoms with Gasteiger partial charge in [0.15, 0.2) is 11.3 Å². The van der Waals surface area contributed by atoms with E-state index in [9.17, 15) is 22.4 Å². The van der Waals surface area contributed by atoms with Crippen molar-refractivity contribution in [3.05, 3.63) is 40.1 Å². The molecule has 2 aromatic heterocycles. The molecule has 0 bridgehead atoms. The molecule has 2 saturated heterocycles. The van der Waals surface area contributed by atoms with E-state index in [-0.39, 0.29) is 67.3 Å². The van der Waals surface area contributed by atoms with Crippen LogP contribution in [0, 0.1) is 12.8 Å². The molecule has 1 amide bonds. The fourth-order valence-electron chi connectivity index (χ4n) is 5.43. The summed E-state index contributed by atoms with van der Waals surface area (Å²) in [6.45, 7) is 8.29. The Kier molecular flexibility index (Phi) is 8.67. The van der Waals surface area contributed by atoms with E-state index in [2.05, 4.69) is 15.1 Å². The summed E-state index contributed by atoms with van der Waals surface area (Å²) in [6.07, 6.45) is -0.524. The Morgan fingerprint density at radius 1 is 1.21 bits per heavy atom. The molecular weight excluding hydrogens is 567 g/mol. The molecule has 0 saturated carbocycles. The highest BCUT2D eigenvalue weighted by Crippen LogP contribution is 2.32. The minimum absolute atomic E-state index is 0.00365. The predicted molar refractivity (Wildman–Crippen MR) is 153 cm³/mol. The molecule has 5 rings (SSSR count). The third kappa shape index (κ3) is 5.66. The first kappa shape index (κ1) is 30.1. The van der Waals surface area contributed by atoms with Gasteiger partial charge in [0.1, 0.15) is 23.8 Å². The molecule has 2 fully saturated rings. The van der Waals surface area contributed by atoms with Gasteiger partial charge in [0.05, 0.1) is 29.4 Å². The second kappa shape index (κ2) is 12.1. The van der Waals surface area contributed by atoms with Gasteiger partial charge in [-0.3, -0.25) is 9.59 Å². The van der Waals surface area contributed by atoms with Crippen LogP contribution in [0.2, 0.25) is 0 Å². The molecule has 228 valence electrons. The Morgan fingerprint density at radius 3 is 2.62 bits per heavy atom. The predicted octanol–water partition coefficient (Wildman–Crippen LogP) is 2.34. The number of rotatable bonds is 8. The van der Waals surface area contributed by atoms with Crippen molar-refractivity contribution in [3.8, 4) is 17.1 Å². The number of fused-ring (bicyclic) bond motifs is 1. The standard InChI is InChI=1S/C28H37FN6O6S/c1-5-7-24-30-18(4)25-27(36)31-26(32-35(24)25)20-14-19(8-9-22(20)40-6-2)42(38,39)34-12-10-33(11-13-34)28(37)23-15-21(29)17(3)16-41-23/h8-9,14,17,21,23H,5-7,10-13,15-16H2,1-4H3,(H,31,32,36). The van der Waals surface area contributed by atoms with Crippen LogP contribution in [-0.4, -0.2) is 94.8 Å². The molecule has 42 heavy (non-hydrogen) atoms. The molecule has 0 spiro atoms. The van der Waals surface area contributed by atoms with E-state index in [1.807, 2.05) is 6.92 Å². The summed E-state index contributed by atoms with van der Waals surface area (Å²) < 4.78 is 55.8. The van der Waals surface area contributed by atoms with Gasteiger partial charge in [0.25, 0.3) is 11.5 Å². The fraction of sp³-hybridized carbons (Fsp3) is 0.571. The van der Waals surface area contributed by atoms with E-state index in [0.717, 1.165) is 6.42 Å². The topological polar surface area (TPSA) is 139 Å². The molecule has 4 heterocycles. The number of piperazine rings is 1. The van der Waals surface area contributed by atoms with Crippen LogP contribution >= 0.6 is 0 Å². The molecule has 2 aliphatic rings. The Balaban J connectivity index is 1.41. The van der Waals surface area contributed by atoms with E-state index >= 15 is 0 Å². The molecule has 0 radical (unpaired) electrons. The molecule has 3 unspecified atom stereocenters. The summed E-state index contributed by atoms with van der Waals surface area (Å²) in [4.78, 5) is 34.8. The first-order chi connectivity index (χ1) is 20.0. The summed E-state index contributed by atoms with van der Waals surface area (Å²) >= 11 is 0. The van der Waals surface area contributed by atoms with Gasteiger partial charge in [-0.25, -0.2) is 22.3 Å². The lowest BCUT2D eigenvalue weighted by molar-refractivity contribution is -0.153. The first-order valence-corrected chi connectivity index (χ1v) is 15.8. The van der Waals surface area contributed by atoms with Crippen molar-refractivity contribution in [3.63, 3.8) is 0 Å². The molecule has 3 atom stereocenters. The zero-order valence-electron chi connectivity index (χ0n) is 24.3.